The number of urea groups is 1. The molecular weight excluding hydrogens is 218 g/mol. The van der Waals surface area contributed by atoms with Crippen molar-refractivity contribution in [3.63, 3.8) is 0 Å². The van der Waals surface area contributed by atoms with Crippen LogP contribution in [0.2, 0.25) is 0 Å². The molecule has 3 N–H and O–H groups in total. The van der Waals surface area contributed by atoms with Crippen LogP contribution in [-0.2, 0) is 0 Å². The van der Waals surface area contributed by atoms with E-state index in [9.17, 15) is 4.79 Å². The number of aromatic nitrogens is 3. The first kappa shape index (κ1) is 11.0. The van der Waals surface area contributed by atoms with Crippen LogP contribution in [-0.4, -0.2) is 21.0 Å². The van der Waals surface area contributed by atoms with Gasteiger partial charge in [-0.15, -0.1) is 0 Å². The zero-order chi connectivity index (χ0) is 12.3. The summed E-state index contributed by atoms with van der Waals surface area (Å²) < 4.78 is 0. The number of rotatable bonds is 2. The fourth-order valence-corrected chi connectivity index (χ4v) is 1.38. The Labute approximate surface area is 97.9 Å². The number of hydrogen-bond donors (Lipinski definition) is 2. The lowest BCUT2D eigenvalue weighted by Crippen LogP contribution is -2.20. The summed E-state index contributed by atoms with van der Waals surface area (Å²) in [5.74, 6) is 0.187. The summed E-state index contributed by atoms with van der Waals surface area (Å²) in [5.41, 5.74) is 7.70. The van der Waals surface area contributed by atoms with Crippen molar-refractivity contribution in [1.82, 2.24) is 15.0 Å². The van der Waals surface area contributed by atoms with Crippen molar-refractivity contribution in [2.24, 2.45) is 5.73 Å². The number of hydrogen-bond acceptors (Lipinski definition) is 4. The minimum absolute atomic E-state index is 0.187. The Kier molecular flexibility index (Phi) is 2.95. The molecule has 0 aromatic carbocycles. The zero-order valence-corrected chi connectivity index (χ0v) is 9.21. The fourth-order valence-electron chi connectivity index (χ4n) is 1.38. The number of nitrogens with one attached hydrogen (secondary N) is 1. The van der Waals surface area contributed by atoms with Gasteiger partial charge in [0.2, 0.25) is 5.95 Å². The number of nitrogens with two attached hydrogens (primary N) is 1. The number of carbonyl (C=O) groups excluding carboxylic acids is 1. The third-order valence-corrected chi connectivity index (χ3v) is 2.12. The van der Waals surface area contributed by atoms with Crippen molar-refractivity contribution < 1.29 is 4.79 Å². The van der Waals surface area contributed by atoms with Crippen LogP contribution in [0.3, 0.4) is 0 Å². The van der Waals surface area contributed by atoms with E-state index in [1.54, 1.807) is 18.6 Å². The van der Waals surface area contributed by atoms with E-state index in [0.29, 0.717) is 0 Å². The molecule has 6 heteroatoms. The van der Waals surface area contributed by atoms with Gasteiger partial charge in [-0.3, -0.25) is 10.3 Å². The first-order valence-corrected chi connectivity index (χ1v) is 4.96. The van der Waals surface area contributed by atoms with Crippen LogP contribution in [0.15, 0.2) is 30.7 Å². The quantitative estimate of drug-likeness (QED) is 0.812. The van der Waals surface area contributed by atoms with Crippen LogP contribution in [0.4, 0.5) is 10.7 Å². The van der Waals surface area contributed by atoms with Gasteiger partial charge in [-0.25, -0.2) is 14.8 Å². The lowest BCUT2D eigenvalue weighted by molar-refractivity contribution is 0.259. The number of pyridine rings is 1. The van der Waals surface area contributed by atoms with Gasteiger partial charge >= 0.3 is 6.03 Å². The van der Waals surface area contributed by atoms with Crippen LogP contribution < -0.4 is 11.1 Å². The average molecular weight is 229 g/mol. The molecule has 0 fully saturated rings. The van der Waals surface area contributed by atoms with E-state index >= 15 is 0 Å². The minimum atomic E-state index is -0.683. The van der Waals surface area contributed by atoms with Gasteiger partial charge in [0.25, 0.3) is 0 Å². The molecule has 2 heterocycles. The van der Waals surface area contributed by atoms with Crippen LogP contribution in [0.25, 0.3) is 11.1 Å². The van der Waals surface area contributed by atoms with Crippen molar-refractivity contribution in [3.8, 4) is 11.1 Å². The molecule has 6 nitrogen and oxygen atoms in total. The highest BCUT2D eigenvalue weighted by molar-refractivity contribution is 5.85. The van der Waals surface area contributed by atoms with Crippen LogP contribution >= 0.6 is 0 Å². The summed E-state index contributed by atoms with van der Waals surface area (Å²) in [6.07, 6.45) is 4.96. The van der Waals surface area contributed by atoms with E-state index in [0.717, 1.165) is 16.8 Å². The molecule has 2 aromatic rings. The Morgan fingerprint density at radius 1 is 1.24 bits per heavy atom. The molecule has 0 aliphatic rings. The number of nitrogens with zero attached hydrogens (tertiary/aromatic N) is 3. The van der Waals surface area contributed by atoms with E-state index in [4.69, 9.17) is 5.73 Å². The second kappa shape index (κ2) is 4.56. The van der Waals surface area contributed by atoms with Crippen LogP contribution in [0.5, 0.6) is 0 Å². The molecular formula is C11H11N5O. The molecule has 0 unspecified atom stereocenters. The van der Waals surface area contributed by atoms with Gasteiger partial charge in [-0.2, -0.15) is 0 Å². The van der Waals surface area contributed by atoms with E-state index in [1.807, 2.05) is 19.1 Å². The Bertz CT molecular complexity index is 538. The molecule has 17 heavy (non-hydrogen) atoms. The molecule has 0 aliphatic heterocycles. The SMILES string of the molecule is Cc1cc(-c2cnc(NC(N)=O)nc2)ccn1. The topological polar surface area (TPSA) is 93.8 Å². The van der Waals surface area contributed by atoms with Crippen molar-refractivity contribution in [1.29, 1.82) is 0 Å². The van der Waals surface area contributed by atoms with Crippen molar-refractivity contribution >= 4 is 12.0 Å². The van der Waals surface area contributed by atoms with Crippen molar-refractivity contribution in [2.75, 3.05) is 5.32 Å². The van der Waals surface area contributed by atoms with Gasteiger partial charge in [0, 0.05) is 29.8 Å². The second-order valence-electron chi connectivity index (χ2n) is 3.47. The highest BCUT2D eigenvalue weighted by atomic mass is 16.2. The van der Waals surface area contributed by atoms with Gasteiger partial charge < -0.3 is 5.73 Å². The normalized spacial score (nSPS) is 9.94. The summed E-state index contributed by atoms with van der Waals surface area (Å²) in [5, 5.41) is 2.30. The summed E-state index contributed by atoms with van der Waals surface area (Å²) >= 11 is 0. The summed E-state index contributed by atoms with van der Waals surface area (Å²) in [6.45, 7) is 1.91. The molecule has 2 amide bonds. The van der Waals surface area contributed by atoms with Gasteiger partial charge in [0.05, 0.1) is 0 Å². The van der Waals surface area contributed by atoms with Gasteiger partial charge in [0.1, 0.15) is 0 Å². The van der Waals surface area contributed by atoms with Crippen molar-refractivity contribution in [2.45, 2.75) is 6.92 Å². The first-order valence-electron chi connectivity index (χ1n) is 4.96. The molecule has 0 atom stereocenters. The first-order chi connectivity index (χ1) is 8.15. The Hall–Kier alpha value is -2.50. The predicted octanol–water partition coefficient (Wildman–Crippen LogP) is 1.34. The lowest BCUT2D eigenvalue weighted by Gasteiger charge is -2.03. The molecule has 0 bridgehead atoms. The monoisotopic (exact) mass is 229 g/mol. The third kappa shape index (κ3) is 2.75. The molecule has 2 aromatic heterocycles. The Morgan fingerprint density at radius 3 is 2.53 bits per heavy atom. The van der Waals surface area contributed by atoms with Gasteiger partial charge in [0.15, 0.2) is 0 Å². The van der Waals surface area contributed by atoms with Gasteiger partial charge in [-0.1, -0.05) is 0 Å². The minimum Gasteiger partial charge on any atom is -0.351 e. The largest absolute Gasteiger partial charge is 0.351 e. The summed E-state index contributed by atoms with van der Waals surface area (Å²) in [7, 11) is 0. The Morgan fingerprint density at radius 2 is 1.94 bits per heavy atom. The molecule has 0 spiro atoms. The zero-order valence-electron chi connectivity index (χ0n) is 9.21. The molecule has 0 saturated heterocycles. The fraction of sp³-hybridized carbons (Fsp3) is 0.0909. The highest BCUT2D eigenvalue weighted by Gasteiger charge is 2.02. The highest BCUT2D eigenvalue weighted by Crippen LogP contribution is 2.17. The molecule has 0 aliphatic carbocycles. The van der Waals surface area contributed by atoms with Crippen molar-refractivity contribution in [3.05, 3.63) is 36.4 Å². The second-order valence-corrected chi connectivity index (χ2v) is 3.47. The molecule has 0 saturated carbocycles. The number of carbonyl (C=O) groups is 1. The summed E-state index contributed by atoms with van der Waals surface area (Å²) in [4.78, 5) is 22.7. The van der Waals surface area contributed by atoms with Crippen LogP contribution in [0.1, 0.15) is 5.69 Å². The van der Waals surface area contributed by atoms with E-state index in [1.165, 1.54) is 0 Å². The average Bonchev–Trinajstić information content (AvgIpc) is 2.29. The molecule has 0 radical (unpaired) electrons. The molecule has 2 rings (SSSR count). The van der Waals surface area contributed by atoms with E-state index in [-0.39, 0.29) is 5.95 Å². The number of aryl methyl sites for hydroxylation is 1. The maximum absolute atomic E-state index is 10.6. The maximum Gasteiger partial charge on any atom is 0.319 e. The van der Waals surface area contributed by atoms with E-state index < -0.39 is 6.03 Å². The maximum atomic E-state index is 10.6. The molecule has 86 valence electrons. The smallest absolute Gasteiger partial charge is 0.319 e. The standard InChI is InChI=1S/C11H11N5O/c1-7-4-8(2-3-13-7)9-5-14-11(15-6-9)16-10(12)17/h2-6H,1H3,(H3,12,14,15,16,17). The predicted molar refractivity (Wildman–Crippen MR) is 63.2 cm³/mol. The van der Waals surface area contributed by atoms with Gasteiger partial charge in [-0.05, 0) is 24.6 Å². The number of primary amides is 1. The number of amides is 2. The number of anilines is 1. The lowest BCUT2D eigenvalue weighted by atomic mass is 10.1. The summed E-state index contributed by atoms with van der Waals surface area (Å²) in [6, 6.07) is 3.12. The third-order valence-electron chi connectivity index (χ3n) is 2.12. The van der Waals surface area contributed by atoms with Crippen LogP contribution in [0, 0.1) is 6.92 Å². The Balaban J connectivity index is 2.26. The van der Waals surface area contributed by atoms with E-state index in [2.05, 4.69) is 20.3 Å².